The van der Waals surface area contributed by atoms with Crippen LogP contribution in [0, 0.1) is 11.8 Å². The lowest BCUT2D eigenvalue weighted by Gasteiger charge is -2.37. The van der Waals surface area contributed by atoms with Crippen molar-refractivity contribution in [2.75, 3.05) is 36.8 Å². The molecule has 0 bridgehead atoms. The molecule has 1 aromatic carbocycles. The normalized spacial score (nSPS) is 17.4. The monoisotopic (exact) mass is 275 g/mol. The quantitative estimate of drug-likeness (QED) is 0.860. The summed E-state index contributed by atoms with van der Waals surface area (Å²) in [6.45, 7) is 9.63. The van der Waals surface area contributed by atoms with Crippen molar-refractivity contribution in [1.82, 2.24) is 4.90 Å². The maximum atomic E-state index is 12.3. The Balaban J connectivity index is 1.92. The van der Waals surface area contributed by atoms with E-state index in [9.17, 15) is 4.79 Å². The summed E-state index contributed by atoms with van der Waals surface area (Å²) in [5.41, 5.74) is 7.68. The third-order valence-corrected chi connectivity index (χ3v) is 4.24. The first-order chi connectivity index (χ1) is 9.49. The van der Waals surface area contributed by atoms with Gasteiger partial charge in [0.2, 0.25) is 5.91 Å². The number of carbonyl (C=O) groups is 1. The van der Waals surface area contributed by atoms with Gasteiger partial charge in [0.05, 0.1) is 0 Å². The van der Waals surface area contributed by atoms with Crippen molar-refractivity contribution < 1.29 is 4.79 Å². The number of hydrogen-bond acceptors (Lipinski definition) is 3. The molecule has 0 spiro atoms. The highest BCUT2D eigenvalue weighted by atomic mass is 16.2. The second-order valence-corrected chi connectivity index (χ2v) is 5.94. The van der Waals surface area contributed by atoms with Crippen LogP contribution in [0.15, 0.2) is 24.3 Å². The van der Waals surface area contributed by atoms with Gasteiger partial charge in [0.15, 0.2) is 0 Å². The highest BCUT2D eigenvalue weighted by Gasteiger charge is 2.26. The summed E-state index contributed by atoms with van der Waals surface area (Å²) in [5.74, 6) is 0.799. The van der Waals surface area contributed by atoms with Gasteiger partial charge in [-0.1, -0.05) is 20.8 Å². The Kier molecular flexibility index (Phi) is 4.53. The molecule has 0 saturated carbocycles. The number of amides is 1. The zero-order valence-electron chi connectivity index (χ0n) is 12.7. The van der Waals surface area contributed by atoms with Gasteiger partial charge >= 0.3 is 0 Å². The molecule has 1 saturated heterocycles. The molecule has 110 valence electrons. The number of piperazine rings is 1. The molecule has 1 fully saturated rings. The highest BCUT2D eigenvalue weighted by Crippen LogP contribution is 2.20. The first kappa shape index (κ1) is 14.7. The van der Waals surface area contributed by atoms with E-state index in [-0.39, 0.29) is 11.8 Å². The van der Waals surface area contributed by atoms with Crippen molar-refractivity contribution in [3.8, 4) is 0 Å². The molecular formula is C16H25N3O. The molecule has 20 heavy (non-hydrogen) atoms. The van der Waals surface area contributed by atoms with E-state index in [1.54, 1.807) is 0 Å². The molecule has 1 unspecified atom stereocenters. The fourth-order valence-electron chi connectivity index (χ4n) is 2.44. The number of nitrogens with two attached hydrogens (primary N) is 1. The summed E-state index contributed by atoms with van der Waals surface area (Å²) >= 11 is 0. The number of hydrogen-bond donors (Lipinski definition) is 1. The van der Waals surface area contributed by atoms with E-state index in [1.807, 2.05) is 36.1 Å². The molecule has 1 aromatic rings. The van der Waals surface area contributed by atoms with E-state index >= 15 is 0 Å². The van der Waals surface area contributed by atoms with Crippen LogP contribution in [-0.4, -0.2) is 37.0 Å². The molecule has 1 aliphatic rings. The van der Waals surface area contributed by atoms with Crippen molar-refractivity contribution in [2.45, 2.75) is 20.8 Å². The lowest BCUT2D eigenvalue weighted by Crippen LogP contribution is -2.50. The fourth-order valence-corrected chi connectivity index (χ4v) is 2.44. The van der Waals surface area contributed by atoms with Crippen LogP contribution < -0.4 is 10.6 Å². The van der Waals surface area contributed by atoms with Crippen LogP contribution in [0.1, 0.15) is 20.8 Å². The van der Waals surface area contributed by atoms with Gasteiger partial charge in [-0.05, 0) is 30.2 Å². The van der Waals surface area contributed by atoms with Crippen molar-refractivity contribution in [2.24, 2.45) is 11.8 Å². The standard InChI is InChI=1S/C16H25N3O/c1-12(2)13(3)16(20)19-10-8-18(9-11-19)15-6-4-14(17)5-7-15/h4-7,12-13H,8-11,17H2,1-3H3. The molecule has 2 rings (SSSR count). The van der Waals surface area contributed by atoms with E-state index < -0.39 is 0 Å². The SMILES string of the molecule is CC(C)C(C)C(=O)N1CCN(c2ccc(N)cc2)CC1. The second kappa shape index (κ2) is 6.16. The average molecular weight is 275 g/mol. The predicted octanol–water partition coefficient (Wildman–Crippen LogP) is 2.21. The van der Waals surface area contributed by atoms with Crippen LogP contribution in [-0.2, 0) is 4.79 Å². The molecular weight excluding hydrogens is 250 g/mol. The molecule has 1 aliphatic heterocycles. The predicted molar refractivity (Wildman–Crippen MR) is 83.6 cm³/mol. The minimum Gasteiger partial charge on any atom is -0.399 e. The summed E-state index contributed by atoms with van der Waals surface area (Å²) in [5, 5.41) is 0. The maximum absolute atomic E-state index is 12.3. The molecule has 0 radical (unpaired) electrons. The Labute approximate surface area is 121 Å². The summed E-state index contributed by atoms with van der Waals surface area (Å²) < 4.78 is 0. The first-order valence-corrected chi connectivity index (χ1v) is 7.38. The number of rotatable bonds is 3. The zero-order valence-corrected chi connectivity index (χ0v) is 12.7. The van der Waals surface area contributed by atoms with Gasteiger partial charge in [0, 0.05) is 43.5 Å². The van der Waals surface area contributed by atoms with Crippen LogP contribution in [0.4, 0.5) is 11.4 Å². The third-order valence-electron chi connectivity index (χ3n) is 4.24. The van der Waals surface area contributed by atoms with Crippen LogP contribution in [0.2, 0.25) is 0 Å². The average Bonchev–Trinajstić information content (AvgIpc) is 2.46. The fraction of sp³-hybridized carbons (Fsp3) is 0.562. The number of carbonyl (C=O) groups excluding carboxylic acids is 1. The molecule has 1 heterocycles. The van der Waals surface area contributed by atoms with Crippen molar-refractivity contribution in [3.05, 3.63) is 24.3 Å². The van der Waals surface area contributed by atoms with Gasteiger partial charge < -0.3 is 15.5 Å². The Morgan fingerprint density at radius 2 is 1.60 bits per heavy atom. The molecule has 4 nitrogen and oxygen atoms in total. The van der Waals surface area contributed by atoms with E-state index in [2.05, 4.69) is 18.7 Å². The molecule has 0 aromatic heterocycles. The second-order valence-electron chi connectivity index (χ2n) is 5.94. The highest BCUT2D eigenvalue weighted by molar-refractivity contribution is 5.79. The van der Waals surface area contributed by atoms with Crippen LogP contribution in [0.3, 0.4) is 0 Å². The molecule has 2 N–H and O–H groups in total. The van der Waals surface area contributed by atoms with Gasteiger partial charge in [0.1, 0.15) is 0 Å². The van der Waals surface area contributed by atoms with Crippen LogP contribution in [0.25, 0.3) is 0 Å². The Morgan fingerprint density at radius 3 is 2.10 bits per heavy atom. The van der Waals surface area contributed by atoms with Gasteiger partial charge in [-0.25, -0.2) is 0 Å². The lowest BCUT2D eigenvalue weighted by atomic mass is 9.96. The zero-order chi connectivity index (χ0) is 14.7. The Hall–Kier alpha value is -1.71. The van der Waals surface area contributed by atoms with Crippen LogP contribution in [0.5, 0.6) is 0 Å². The van der Waals surface area contributed by atoms with Gasteiger partial charge in [-0.3, -0.25) is 4.79 Å². The summed E-state index contributed by atoms with van der Waals surface area (Å²) in [7, 11) is 0. The third kappa shape index (κ3) is 3.24. The summed E-state index contributed by atoms with van der Waals surface area (Å²) in [6.07, 6.45) is 0. The van der Waals surface area contributed by atoms with Gasteiger partial charge in [-0.15, -0.1) is 0 Å². The van der Waals surface area contributed by atoms with Crippen LogP contribution >= 0.6 is 0 Å². The minimum absolute atomic E-state index is 0.109. The molecule has 1 atom stereocenters. The van der Waals surface area contributed by atoms with E-state index in [0.717, 1.165) is 31.9 Å². The van der Waals surface area contributed by atoms with E-state index in [0.29, 0.717) is 5.92 Å². The number of nitrogens with zero attached hydrogens (tertiary/aromatic N) is 2. The Morgan fingerprint density at radius 1 is 1.05 bits per heavy atom. The Bertz CT molecular complexity index is 447. The molecule has 1 amide bonds. The van der Waals surface area contributed by atoms with Crippen molar-refractivity contribution >= 4 is 17.3 Å². The van der Waals surface area contributed by atoms with Gasteiger partial charge in [-0.2, -0.15) is 0 Å². The summed E-state index contributed by atoms with van der Waals surface area (Å²) in [6, 6.07) is 7.94. The largest absolute Gasteiger partial charge is 0.399 e. The van der Waals surface area contributed by atoms with Crippen molar-refractivity contribution in [1.29, 1.82) is 0 Å². The maximum Gasteiger partial charge on any atom is 0.225 e. The van der Waals surface area contributed by atoms with Crippen molar-refractivity contribution in [3.63, 3.8) is 0 Å². The molecule has 4 heteroatoms. The number of benzene rings is 1. The summed E-state index contributed by atoms with van der Waals surface area (Å²) in [4.78, 5) is 16.6. The lowest BCUT2D eigenvalue weighted by molar-refractivity contribution is -0.136. The topological polar surface area (TPSA) is 49.6 Å². The molecule has 0 aliphatic carbocycles. The van der Waals surface area contributed by atoms with Gasteiger partial charge in [0.25, 0.3) is 0 Å². The van der Waals surface area contributed by atoms with E-state index in [1.165, 1.54) is 5.69 Å². The van der Waals surface area contributed by atoms with E-state index in [4.69, 9.17) is 5.73 Å². The number of nitrogen functional groups attached to an aromatic ring is 1. The minimum atomic E-state index is 0.109. The number of anilines is 2. The first-order valence-electron chi connectivity index (χ1n) is 7.38. The smallest absolute Gasteiger partial charge is 0.225 e.